The van der Waals surface area contributed by atoms with Gasteiger partial charge in [0.15, 0.2) is 12.5 Å². The second kappa shape index (κ2) is 6.20. The van der Waals surface area contributed by atoms with Crippen molar-refractivity contribution in [3.63, 3.8) is 0 Å². The van der Waals surface area contributed by atoms with E-state index in [1.807, 2.05) is 29.2 Å². The summed E-state index contributed by atoms with van der Waals surface area (Å²) in [6.45, 7) is 10.4. The Bertz CT molecular complexity index is 634. The van der Waals surface area contributed by atoms with Crippen molar-refractivity contribution in [2.45, 2.75) is 26.3 Å². The topological polar surface area (TPSA) is 60.6 Å². The van der Waals surface area contributed by atoms with E-state index < -0.39 is 0 Å². The van der Waals surface area contributed by atoms with Crippen molar-refractivity contribution in [1.82, 2.24) is 9.80 Å². The highest BCUT2D eigenvalue weighted by Crippen LogP contribution is 2.18. The van der Waals surface area contributed by atoms with Gasteiger partial charge in [0, 0.05) is 42.8 Å². The molecule has 1 aromatic rings. The highest BCUT2D eigenvalue weighted by atomic mass is 16.2. The molecule has 1 saturated heterocycles. The third-order valence-electron chi connectivity index (χ3n) is 4.35. The van der Waals surface area contributed by atoms with Crippen LogP contribution < -0.4 is 0 Å². The van der Waals surface area contributed by atoms with E-state index in [0.29, 0.717) is 18.1 Å². The number of azo groups is 1. The van der Waals surface area contributed by atoms with Crippen molar-refractivity contribution >= 4 is 11.7 Å². The van der Waals surface area contributed by atoms with E-state index in [4.69, 9.17) is 0 Å². The molecule has 2 heterocycles. The number of carbonyl (C=O) groups is 1. The zero-order valence-electron chi connectivity index (χ0n) is 14.0. The van der Waals surface area contributed by atoms with Gasteiger partial charge in [-0.2, -0.15) is 5.11 Å². The molecule has 23 heavy (non-hydrogen) atoms. The van der Waals surface area contributed by atoms with Crippen molar-refractivity contribution in [2.75, 3.05) is 32.8 Å². The van der Waals surface area contributed by atoms with Gasteiger partial charge in [0.1, 0.15) is 0 Å². The van der Waals surface area contributed by atoms with Crippen LogP contribution in [0.4, 0.5) is 0 Å². The molecular formula is C17H23N5O. The molecule has 0 saturated carbocycles. The van der Waals surface area contributed by atoms with E-state index in [0.717, 1.165) is 31.7 Å². The second-order valence-corrected chi connectivity index (χ2v) is 6.89. The van der Waals surface area contributed by atoms with Gasteiger partial charge >= 0.3 is 0 Å². The van der Waals surface area contributed by atoms with Crippen molar-refractivity contribution < 1.29 is 4.79 Å². The molecule has 6 heteroatoms. The van der Waals surface area contributed by atoms with Gasteiger partial charge in [-0.15, -0.1) is 5.11 Å². The number of aliphatic imine (C=N–C) groups is 1. The maximum absolute atomic E-state index is 12.6. The first kappa shape index (κ1) is 15.8. The van der Waals surface area contributed by atoms with Gasteiger partial charge in [-0.25, -0.2) is 4.99 Å². The number of carbonyl (C=O) groups excluding carboxylic acids is 1. The third kappa shape index (κ3) is 3.47. The van der Waals surface area contributed by atoms with E-state index in [1.54, 1.807) is 0 Å². The molecule has 2 aliphatic rings. The summed E-state index contributed by atoms with van der Waals surface area (Å²) in [6.07, 6.45) is 0. The molecule has 0 aromatic heterocycles. The lowest BCUT2D eigenvalue weighted by Crippen LogP contribution is -2.54. The lowest BCUT2D eigenvalue weighted by molar-refractivity contribution is 0.0451. The van der Waals surface area contributed by atoms with Gasteiger partial charge in [0.25, 0.3) is 5.91 Å². The summed E-state index contributed by atoms with van der Waals surface area (Å²) in [6, 6.07) is 7.48. The van der Waals surface area contributed by atoms with Crippen LogP contribution in [0.5, 0.6) is 0 Å². The van der Waals surface area contributed by atoms with Gasteiger partial charge in [-0.05, 0) is 32.9 Å². The van der Waals surface area contributed by atoms with Crippen LogP contribution >= 0.6 is 0 Å². The highest BCUT2D eigenvalue weighted by Gasteiger charge is 2.28. The monoisotopic (exact) mass is 313 g/mol. The minimum Gasteiger partial charge on any atom is -0.336 e. The first-order valence-electron chi connectivity index (χ1n) is 8.02. The number of hydrogen-bond donors (Lipinski definition) is 0. The quantitative estimate of drug-likeness (QED) is 0.842. The van der Waals surface area contributed by atoms with Crippen LogP contribution in [0.25, 0.3) is 0 Å². The highest BCUT2D eigenvalue weighted by molar-refractivity contribution is 6.01. The van der Waals surface area contributed by atoms with E-state index in [-0.39, 0.29) is 11.4 Å². The summed E-state index contributed by atoms with van der Waals surface area (Å²) in [5.74, 6) is 0.739. The SMILES string of the molecule is CC(C)(C)N1CCN(C(=O)c2ccc(C3=NCN=N3)cc2)CC1. The number of piperazine rings is 1. The zero-order valence-corrected chi connectivity index (χ0v) is 14.0. The average Bonchev–Trinajstić information content (AvgIpc) is 3.08. The minimum atomic E-state index is 0.0973. The maximum Gasteiger partial charge on any atom is 0.253 e. The summed E-state index contributed by atoms with van der Waals surface area (Å²) in [7, 11) is 0. The molecule has 0 radical (unpaired) electrons. The molecule has 0 spiro atoms. The Labute approximate surface area is 136 Å². The van der Waals surface area contributed by atoms with Crippen molar-refractivity contribution in [1.29, 1.82) is 0 Å². The fourth-order valence-electron chi connectivity index (χ4n) is 2.90. The van der Waals surface area contributed by atoms with Gasteiger partial charge in [0.2, 0.25) is 0 Å². The number of amidine groups is 1. The largest absolute Gasteiger partial charge is 0.336 e. The summed E-state index contributed by atoms with van der Waals surface area (Å²) in [4.78, 5) is 21.2. The fourth-order valence-corrected chi connectivity index (χ4v) is 2.90. The second-order valence-electron chi connectivity index (χ2n) is 6.89. The molecule has 1 amide bonds. The molecule has 0 bridgehead atoms. The van der Waals surface area contributed by atoms with Crippen LogP contribution in [0.2, 0.25) is 0 Å². The lowest BCUT2D eigenvalue weighted by Gasteiger charge is -2.42. The van der Waals surface area contributed by atoms with E-state index >= 15 is 0 Å². The number of amides is 1. The Morgan fingerprint density at radius 2 is 1.70 bits per heavy atom. The van der Waals surface area contributed by atoms with Crippen molar-refractivity contribution in [2.24, 2.45) is 15.2 Å². The number of hydrogen-bond acceptors (Lipinski definition) is 5. The molecule has 1 aromatic carbocycles. The molecule has 1 fully saturated rings. The standard InChI is InChI=1S/C17H23N5O/c1-17(2,3)22-10-8-21(9-11-22)16(23)14-6-4-13(5-7-14)15-18-12-19-20-15/h4-7H,8-12H2,1-3H3. The third-order valence-corrected chi connectivity index (χ3v) is 4.35. The van der Waals surface area contributed by atoms with Gasteiger partial charge in [-0.1, -0.05) is 12.1 Å². The first-order chi connectivity index (χ1) is 10.9. The Kier molecular flexibility index (Phi) is 4.26. The first-order valence-corrected chi connectivity index (χ1v) is 8.02. The molecule has 0 unspecified atom stereocenters. The van der Waals surface area contributed by atoms with E-state index in [2.05, 4.69) is 40.9 Å². The molecular weight excluding hydrogens is 290 g/mol. The smallest absolute Gasteiger partial charge is 0.253 e. The van der Waals surface area contributed by atoms with Gasteiger partial charge < -0.3 is 4.90 Å². The molecule has 2 aliphatic heterocycles. The summed E-state index contributed by atoms with van der Waals surface area (Å²) < 4.78 is 0. The number of benzene rings is 1. The Morgan fingerprint density at radius 3 is 2.22 bits per heavy atom. The minimum absolute atomic E-state index is 0.0973. The van der Waals surface area contributed by atoms with Crippen LogP contribution in [0.15, 0.2) is 39.5 Å². The molecule has 3 rings (SSSR count). The van der Waals surface area contributed by atoms with Crippen LogP contribution in [0.1, 0.15) is 36.7 Å². The molecule has 6 nitrogen and oxygen atoms in total. The normalized spacial score (nSPS) is 19.1. The van der Waals surface area contributed by atoms with E-state index in [9.17, 15) is 4.79 Å². The zero-order chi connectivity index (χ0) is 16.4. The summed E-state index contributed by atoms with van der Waals surface area (Å²) in [5, 5.41) is 7.82. The Hall–Kier alpha value is -2.08. The predicted molar refractivity (Wildman–Crippen MR) is 89.9 cm³/mol. The predicted octanol–water partition coefficient (Wildman–Crippen LogP) is 2.41. The fraction of sp³-hybridized carbons (Fsp3) is 0.529. The maximum atomic E-state index is 12.6. The van der Waals surface area contributed by atoms with Crippen LogP contribution in [0, 0.1) is 0 Å². The van der Waals surface area contributed by atoms with E-state index in [1.165, 1.54) is 0 Å². The lowest BCUT2D eigenvalue weighted by atomic mass is 10.0. The summed E-state index contributed by atoms with van der Waals surface area (Å²) in [5.41, 5.74) is 1.78. The molecule has 0 aliphatic carbocycles. The Balaban J connectivity index is 1.64. The van der Waals surface area contributed by atoms with Crippen LogP contribution in [-0.2, 0) is 0 Å². The van der Waals surface area contributed by atoms with Gasteiger partial charge in [-0.3, -0.25) is 9.69 Å². The van der Waals surface area contributed by atoms with Crippen LogP contribution in [0.3, 0.4) is 0 Å². The van der Waals surface area contributed by atoms with Crippen molar-refractivity contribution in [3.05, 3.63) is 35.4 Å². The van der Waals surface area contributed by atoms with Gasteiger partial charge in [0.05, 0.1) is 0 Å². The average molecular weight is 313 g/mol. The summed E-state index contributed by atoms with van der Waals surface area (Å²) >= 11 is 0. The Morgan fingerprint density at radius 1 is 1.04 bits per heavy atom. The molecule has 0 N–H and O–H groups in total. The number of nitrogens with zero attached hydrogens (tertiary/aromatic N) is 5. The molecule has 122 valence electrons. The molecule has 0 atom stereocenters. The van der Waals surface area contributed by atoms with Crippen molar-refractivity contribution in [3.8, 4) is 0 Å². The van der Waals surface area contributed by atoms with Crippen LogP contribution in [-0.4, -0.2) is 59.9 Å². The number of rotatable bonds is 2.